The number of nitrogens with one attached hydrogen (secondary N) is 1. The minimum atomic E-state index is -0.131. The standard InChI is InChI=1S/C19H23ClN2O3S/c1-24-18-5-4-14(20)13-17(18)21-19(23)22(15-7-10-25-11-8-15)9-6-16-3-2-12-26-16/h2-5,12-13,15H,6-11H2,1H3,(H,21,23). The number of methoxy groups -OCH3 is 1. The van der Waals surface area contributed by atoms with Crippen molar-refractivity contribution in [3.8, 4) is 5.75 Å². The van der Waals surface area contributed by atoms with Crippen LogP contribution in [0.1, 0.15) is 17.7 Å². The maximum absolute atomic E-state index is 13.0. The Bertz CT molecular complexity index is 718. The lowest BCUT2D eigenvalue weighted by Gasteiger charge is -2.34. The molecule has 0 saturated carbocycles. The van der Waals surface area contributed by atoms with Gasteiger partial charge in [-0.25, -0.2) is 4.79 Å². The van der Waals surface area contributed by atoms with E-state index in [1.54, 1.807) is 36.6 Å². The molecule has 1 aromatic carbocycles. The van der Waals surface area contributed by atoms with Crippen molar-refractivity contribution in [2.24, 2.45) is 0 Å². The molecule has 1 saturated heterocycles. The third kappa shape index (κ3) is 4.90. The molecular weight excluding hydrogens is 372 g/mol. The van der Waals surface area contributed by atoms with Gasteiger partial charge in [-0.3, -0.25) is 0 Å². The monoisotopic (exact) mass is 394 g/mol. The van der Waals surface area contributed by atoms with Gasteiger partial charge in [-0.2, -0.15) is 0 Å². The molecule has 1 aromatic heterocycles. The molecule has 1 N–H and O–H groups in total. The number of urea groups is 1. The van der Waals surface area contributed by atoms with Crippen LogP contribution in [0.2, 0.25) is 5.02 Å². The summed E-state index contributed by atoms with van der Waals surface area (Å²) in [5, 5.41) is 5.58. The summed E-state index contributed by atoms with van der Waals surface area (Å²) < 4.78 is 10.8. The number of nitrogens with zero attached hydrogens (tertiary/aromatic N) is 1. The van der Waals surface area contributed by atoms with Gasteiger partial charge in [0, 0.05) is 35.7 Å². The van der Waals surface area contributed by atoms with Crippen molar-refractivity contribution >= 4 is 34.7 Å². The van der Waals surface area contributed by atoms with Crippen LogP contribution in [0.3, 0.4) is 0 Å². The van der Waals surface area contributed by atoms with Gasteiger partial charge in [-0.1, -0.05) is 17.7 Å². The summed E-state index contributed by atoms with van der Waals surface area (Å²) in [5.41, 5.74) is 0.582. The van der Waals surface area contributed by atoms with Gasteiger partial charge in [0.15, 0.2) is 0 Å². The molecule has 1 aliphatic rings. The minimum absolute atomic E-state index is 0.131. The number of carbonyl (C=O) groups excluding carboxylic acids is 1. The summed E-state index contributed by atoms with van der Waals surface area (Å²) in [4.78, 5) is 16.2. The Morgan fingerprint density at radius 2 is 2.19 bits per heavy atom. The number of ether oxygens (including phenoxy) is 2. The second-order valence-electron chi connectivity index (χ2n) is 6.14. The van der Waals surface area contributed by atoms with E-state index in [0.29, 0.717) is 36.2 Å². The van der Waals surface area contributed by atoms with E-state index in [2.05, 4.69) is 16.8 Å². The van der Waals surface area contributed by atoms with Crippen LogP contribution < -0.4 is 10.1 Å². The van der Waals surface area contributed by atoms with Gasteiger partial charge in [-0.15, -0.1) is 11.3 Å². The number of amides is 2. The first kappa shape index (κ1) is 19.0. The molecule has 3 rings (SSSR count). The molecule has 1 fully saturated rings. The second kappa shape index (κ2) is 9.26. The van der Waals surface area contributed by atoms with E-state index in [4.69, 9.17) is 21.1 Å². The summed E-state index contributed by atoms with van der Waals surface area (Å²) in [6.45, 7) is 2.04. The lowest BCUT2D eigenvalue weighted by Crippen LogP contribution is -2.46. The van der Waals surface area contributed by atoms with Gasteiger partial charge in [0.05, 0.1) is 12.8 Å². The van der Waals surface area contributed by atoms with Crippen LogP contribution >= 0.6 is 22.9 Å². The second-order valence-corrected chi connectivity index (χ2v) is 7.61. The summed E-state index contributed by atoms with van der Waals surface area (Å²) in [5.74, 6) is 0.591. The molecule has 1 aliphatic heterocycles. The van der Waals surface area contributed by atoms with Crippen LogP contribution in [0.5, 0.6) is 5.75 Å². The average Bonchev–Trinajstić information content (AvgIpc) is 3.16. The number of thiophene rings is 1. The van der Waals surface area contributed by atoms with Gasteiger partial charge in [-0.05, 0) is 48.9 Å². The van der Waals surface area contributed by atoms with E-state index in [9.17, 15) is 4.79 Å². The van der Waals surface area contributed by atoms with E-state index in [1.807, 2.05) is 11.0 Å². The first-order valence-corrected chi connectivity index (χ1v) is 9.94. The highest BCUT2D eigenvalue weighted by molar-refractivity contribution is 7.09. The Balaban J connectivity index is 1.74. The average molecular weight is 395 g/mol. The van der Waals surface area contributed by atoms with Crippen molar-refractivity contribution in [2.75, 3.05) is 32.2 Å². The number of rotatable bonds is 6. The maximum Gasteiger partial charge on any atom is 0.322 e. The van der Waals surface area contributed by atoms with Gasteiger partial charge < -0.3 is 19.7 Å². The smallest absolute Gasteiger partial charge is 0.322 e. The molecule has 26 heavy (non-hydrogen) atoms. The Hall–Kier alpha value is -1.76. The van der Waals surface area contributed by atoms with E-state index in [-0.39, 0.29) is 12.1 Å². The molecule has 5 nitrogen and oxygen atoms in total. The summed E-state index contributed by atoms with van der Waals surface area (Å²) in [6, 6.07) is 9.38. The Kier molecular flexibility index (Phi) is 6.77. The molecule has 0 unspecified atom stereocenters. The third-order valence-electron chi connectivity index (χ3n) is 4.47. The van der Waals surface area contributed by atoms with E-state index in [1.165, 1.54) is 4.88 Å². The van der Waals surface area contributed by atoms with Crippen molar-refractivity contribution in [2.45, 2.75) is 25.3 Å². The van der Waals surface area contributed by atoms with Crippen LogP contribution in [0.15, 0.2) is 35.7 Å². The minimum Gasteiger partial charge on any atom is -0.495 e. The summed E-state index contributed by atoms with van der Waals surface area (Å²) in [7, 11) is 1.58. The van der Waals surface area contributed by atoms with Crippen LogP contribution in [-0.2, 0) is 11.2 Å². The summed E-state index contributed by atoms with van der Waals surface area (Å²) >= 11 is 7.79. The molecule has 0 bridgehead atoms. The van der Waals surface area contributed by atoms with E-state index < -0.39 is 0 Å². The molecule has 2 amide bonds. The Labute approximate surface area is 162 Å². The number of hydrogen-bond acceptors (Lipinski definition) is 4. The number of hydrogen-bond donors (Lipinski definition) is 1. The Morgan fingerprint density at radius 3 is 2.88 bits per heavy atom. The predicted octanol–water partition coefficient (Wildman–Crippen LogP) is 4.67. The number of benzene rings is 1. The number of anilines is 1. The predicted molar refractivity (Wildman–Crippen MR) is 106 cm³/mol. The van der Waals surface area contributed by atoms with Crippen LogP contribution in [0.25, 0.3) is 0 Å². The van der Waals surface area contributed by atoms with Crippen molar-refractivity contribution in [3.05, 3.63) is 45.6 Å². The fraction of sp³-hybridized carbons (Fsp3) is 0.421. The van der Waals surface area contributed by atoms with Gasteiger partial charge in [0.1, 0.15) is 5.75 Å². The SMILES string of the molecule is COc1ccc(Cl)cc1NC(=O)N(CCc1cccs1)C1CCOCC1. The van der Waals surface area contributed by atoms with E-state index in [0.717, 1.165) is 19.3 Å². The van der Waals surface area contributed by atoms with Gasteiger partial charge in [0.2, 0.25) is 0 Å². The van der Waals surface area contributed by atoms with Crippen molar-refractivity contribution in [3.63, 3.8) is 0 Å². The van der Waals surface area contributed by atoms with Gasteiger partial charge >= 0.3 is 6.03 Å². The Morgan fingerprint density at radius 1 is 1.38 bits per heavy atom. The molecule has 0 radical (unpaired) electrons. The lowest BCUT2D eigenvalue weighted by molar-refractivity contribution is 0.0483. The molecule has 0 spiro atoms. The number of carbonyl (C=O) groups is 1. The molecule has 2 heterocycles. The van der Waals surface area contributed by atoms with Gasteiger partial charge in [0.25, 0.3) is 0 Å². The quantitative estimate of drug-likeness (QED) is 0.774. The summed E-state index contributed by atoms with van der Waals surface area (Å²) in [6.07, 6.45) is 2.55. The highest BCUT2D eigenvalue weighted by Crippen LogP contribution is 2.28. The first-order chi connectivity index (χ1) is 12.7. The van der Waals surface area contributed by atoms with Crippen molar-refractivity contribution in [1.82, 2.24) is 4.90 Å². The number of halogens is 1. The zero-order chi connectivity index (χ0) is 18.4. The van der Waals surface area contributed by atoms with Crippen LogP contribution in [0.4, 0.5) is 10.5 Å². The lowest BCUT2D eigenvalue weighted by atomic mass is 10.1. The van der Waals surface area contributed by atoms with Crippen molar-refractivity contribution < 1.29 is 14.3 Å². The molecule has 7 heteroatoms. The molecule has 0 atom stereocenters. The largest absolute Gasteiger partial charge is 0.495 e. The normalized spacial score (nSPS) is 14.8. The maximum atomic E-state index is 13.0. The highest BCUT2D eigenvalue weighted by Gasteiger charge is 2.26. The van der Waals surface area contributed by atoms with Crippen LogP contribution in [-0.4, -0.2) is 43.8 Å². The zero-order valence-corrected chi connectivity index (χ0v) is 16.3. The molecule has 0 aliphatic carbocycles. The fourth-order valence-corrected chi connectivity index (χ4v) is 3.97. The highest BCUT2D eigenvalue weighted by atomic mass is 35.5. The van der Waals surface area contributed by atoms with E-state index >= 15 is 0 Å². The topological polar surface area (TPSA) is 50.8 Å². The zero-order valence-electron chi connectivity index (χ0n) is 14.7. The fourth-order valence-electron chi connectivity index (χ4n) is 3.10. The van der Waals surface area contributed by atoms with Crippen molar-refractivity contribution in [1.29, 1.82) is 0 Å². The molecular formula is C19H23ClN2O3S. The van der Waals surface area contributed by atoms with Crippen LogP contribution in [0, 0.1) is 0 Å². The third-order valence-corrected chi connectivity index (χ3v) is 5.65. The first-order valence-electron chi connectivity index (χ1n) is 8.68. The molecule has 140 valence electrons. The molecule has 2 aromatic rings.